The fourth-order valence-electron chi connectivity index (χ4n) is 2.54. The molecule has 1 fully saturated rings. The molecule has 1 aliphatic rings. The van der Waals surface area contributed by atoms with Crippen LogP contribution < -0.4 is 10.2 Å². The molecule has 0 spiro atoms. The number of nitrogens with zero attached hydrogens (tertiary/aromatic N) is 3. The van der Waals surface area contributed by atoms with Crippen LogP contribution >= 0.6 is 0 Å². The Kier molecular flexibility index (Phi) is 4.35. The maximum Gasteiger partial charge on any atom is 0.216 e. The third kappa shape index (κ3) is 3.66. The lowest BCUT2D eigenvalue weighted by Gasteiger charge is -2.34. The SMILES string of the molecule is CC(=O)NCC1CCCN(c2nc(C)cnc2C)C1. The van der Waals surface area contributed by atoms with E-state index in [9.17, 15) is 4.79 Å². The van der Waals surface area contributed by atoms with Crippen LogP contribution in [0.15, 0.2) is 6.20 Å². The Hall–Kier alpha value is -1.65. The highest BCUT2D eigenvalue weighted by Gasteiger charge is 2.22. The van der Waals surface area contributed by atoms with E-state index in [2.05, 4.69) is 20.2 Å². The second-order valence-electron chi connectivity index (χ2n) is 5.31. The number of nitrogens with one attached hydrogen (secondary N) is 1. The smallest absolute Gasteiger partial charge is 0.216 e. The summed E-state index contributed by atoms with van der Waals surface area (Å²) in [6.45, 7) is 8.25. The zero-order valence-electron chi connectivity index (χ0n) is 11.9. The summed E-state index contributed by atoms with van der Waals surface area (Å²) >= 11 is 0. The Bertz CT molecular complexity index is 461. The van der Waals surface area contributed by atoms with E-state index in [1.165, 1.54) is 0 Å². The van der Waals surface area contributed by atoms with Gasteiger partial charge < -0.3 is 10.2 Å². The molecule has 5 heteroatoms. The van der Waals surface area contributed by atoms with Crippen LogP contribution in [0.4, 0.5) is 5.82 Å². The molecule has 0 saturated carbocycles. The number of hydrogen-bond donors (Lipinski definition) is 1. The maximum absolute atomic E-state index is 11.0. The van der Waals surface area contributed by atoms with E-state index in [1.54, 1.807) is 13.1 Å². The van der Waals surface area contributed by atoms with Crippen molar-refractivity contribution in [3.05, 3.63) is 17.6 Å². The van der Waals surface area contributed by atoms with Gasteiger partial charge in [0.2, 0.25) is 5.91 Å². The molecule has 2 heterocycles. The molecule has 0 radical (unpaired) electrons. The molecule has 1 aliphatic heterocycles. The molecule has 1 atom stereocenters. The first-order chi connectivity index (χ1) is 9.06. The predicted octanol–water partition coefficient (Wildman–Crippen LogP) is 1.45. The quantitative estimate of drug-likeness (QED) is 0.895. The molecular formula is C14H22N4O. The van der Waals surface area contributed by atoms with Crippen molar-refractivity contribution < 1.29 is 4.79 Å². The molecule has 104 valence electrons. The van der Waals surface area contributed by atoms with Crippen LogP contribution in [-0.2, 0) is 4.79 Å². The summed E-state index contributed by atoms with van der Waals surface area (Å²) in [5, 5.41) is 2.91. The van der Waals surface area contributed by atoms with Gasteiger partial charge in [0.25, 0.3) is 0 Å². The average Bonchev–Trinajstić information content (AvgIpc) is 2.39. The van der Waals surface area contributed by atoms with E-state index < -0.39 is 0 Å². The molecule has 0 aliphatic carbocycles. The van der Waals surface area contributed by atoms with Gasteiger partial charge in [0, 0.05) is 32.8 Å². The van der Waals surface area contributed by atoms with Crippen LogP contribution in [0.1, 0.15) is 31.2 Å². The molecule has 1 amide bonds. The summed E-state index contributed by atoms with van der Waals surface area (Å²) in [6, 6.07) is 0. The molecule has 1 aromatic rings. The van der Waals surface area contributed by atoms with Gasteiger partial charge in [0.1, 0.15) is 5.82 Å². The van der Waals surface area contributed by atoms with Gasteiger partial charge >= 0.3 is 0 Å². The normalized spacial score (nSPS) is 19.3. The van der Waals surface area contributed by atoms with Crippen molar-refractivity contribution >= 4 is 11.7 Å². The summed E-state index contributed by atoms with van der Waals surface area (Å²) in [4.78, 5) is 22.3. The first-order valence-corrected chi connectivity index (χ1v) is 6.86. The van der Waals surface area contributed by atoms with Crippen molar-refractivity contribution in [3.63, 3.8) is 0 Å². The lowest BCUT2D eigenvalue weighted by atomic mass is 9.98. The Balaban J connectivity index is 2.04. The van der Waals surface area contributed by atoms with Crippen LogP contribution in [0.5, 0.6) is 0 Å². The zero-order chi connectivity index (χ0) is 13.8. The highest BCUT2D eigenvalue weighted by atomic mass is 16.1. The largest absolute Gasteiger partial charge is 0.356 e. The van der Waals surface area contributed by atoms with Crippen molar-refractivity contribution in [2.75, 3.05) is 24.5 Å². The van der Waals surface area contributed by atoms with Gasteiger partial charge in [-0.15, -0.1) is 0 Å². The van der Waals surface area contributed by atoms with Crippen LogP contribution in [0, 0.1) is 19.8 Å². The first kappa shape index (κ1) is 13.8. The van der Waals surface area contributed by atoms with Gasteiger partial charge in [-0.3, -0.25) is 9.78 Å². The third-order valence-corrected chi connectivity index (χ3v) is 3.51. The van der Waals surface area contributed by atoms with E-state index in [-0.39, 0.29) is 5.91 Å². The first-order valence-electron chi connectivity index (χ1n) is 6.86. The van der Waals surface area contributed by atoms with Crippen molar-refractivity contribution in [2.45, 2.75) is 33.6 Å². The number of anilines is 1. The molecule has 19 heavy (non-hydrogen) atoms. The number of rotatable bonds is 3. The predicted molar refractivity (Wildman–Crippen MR) is 75.1 cm³/mol. The van der Waals surface area contributed by atoms with Crippen molar-refractivity contribution in [1.29, 1.82) is 0 Å². The number of aryl methyl sites for hydroxylation is 2. The Labute approximate surface area is 114 Å². The Morgan fingerprint density at radius 3 is 3.05 bits per heavy atom. The van der Waals surface area contributed by atoms with Crippen LogP contribution in [0.25, 0.3) is 0 Å². The van der Waals surface area contributed by atoms with Crippen LogP contribution in [0.3, 0.4) is 0 Å². The molecule has 5 nitrogen and oxygen atoms in total. The number of carbonyl (C=O) groups is 1. The van der Waals surface area contributed by atoms with Gasteiger partial charge in [-0.05, 0) is 32.6 Å². The summed E-state index contributed by atoms with van der Waals surface area (Å²) < 4.78 is 0. The number of hydrogen-bond acceptors (Lipinski definition) is 4. The lowest BCUT2D eigenvalue weighted by molar-refractivity contribution is -0.119. The topological polar surface area (TPSA) is 58.1 Å². The van der Waals surface area contributed by atoms with Crippen molar-refractivity contribution in [2.24, 2.45) is 5.92 Å². The van der Waals surface area contributed by atoms with Gasteiger partial charge in [0.15, 0.2) is 0 Å². The standard InChI is InChI=1S/C14H22N4O/c1-10-7-15-11(2)14(17-10)18-6-4-5-13(9-18)8-16-12(3)19/h7,13H,4-6,8-9H2,1-3H3,(H,16,19). The van der Waals surface area contributed by atoms with E-state index in [0.717, 1.165) is 49.7 Å². The molecule has 1 unspecified atom stereocenters. The lowest BCUT2D eigenvalue weighted by Crippen LogP contribution is -2.41. The number of amides is 1. The molecular weight excluding hydrogens is 240 g/mol. The Morgan fingerprint density at radius 2 is 2.32 bits per heavy atom. The highest BCUT2D eigenvalue weighted by Crippen LogP contribution is 2.23. The zero-order valence-corrected chi connectivity index (χ0v) is 11.9. The fraction of sp³-hybridized carbons (Fsp3) is 0.643. The van der Waals surface area contributed by atoms with Crippen LogP contribution in [-0.4, -0.2) is 35.5 Å². The number of carbonyl (C=O) groups excluding carboxylic acids is 1. The minimum atomic E-state index is 0.0450. The van der Waals surface area contributed by atoms with Gasteiger partial charge in [-0.1, -0.05) is 0 Å². The Morgan fingerprint density at radius 1 is 1.53 bits per heavy atom. The summed E-state index contributed by atoms with van der Waals surface area (Å²) in [5.74, 6) is 1.54. The summed E-state index contributed by atoms with van der Waals surface area (Å²) in [7, 11) is 0. The summed E-state index contributed by atoms with van der Waals surface area (Å²) in [6.07, 6.45) is 4.10. The third-order valence-electron chi connectivity index (χ3n) is 3.51. The van der Waals surface area contributed by atoms with E-state index >= 15 is 0 Å². The average molecular weight is 262 g/mol. The molecule has 1 saturated heterocycles. The fourth-order valence-corrected chi connectivity index (χ4v) is 2.54. The molecule has 1 aromatic heterocycles. The molecule has 1 N–H and O–H groups in total. The second-order valence-corrected chi connectivity index (χ2v) is 5.31. The maximum atomic E-state index is 11.0. The minimum absolute atomic E-state index is 0.0450. The van der Waals surface area contributed by atoms with Gasteiger partial charge in [-0.2, -0.15) is 0 Å². The molecule has 0 bridgehead atoms. The highest BCUT2D eigenvalue weighted by molar-refractivity contribution is 5.72. The monoisotopic (exact) mass is 262 g/mol. The van der Waals surface area contributed by atoms with Gasteiger partial charge in [0.05, 0.1) is 11.4 Å². The summed E-state index contributed by atoms with van der Waals surface area (Å²) in [5.41, 5.74) is 1.93. The van der Waals surface area contributed by atoms with Crippen LogP contribution in [0.2, 0.25) is 0 Å². The van der Waals surface area contributed by atoms with E-state index in [4.69, 9.17) is 0 Å². The molecule has 0 aromatic carbocycles. The minimum Gasteiger partial charge on any atom is -0.356 e. The van der Waals surface area contributed by atoms with E-state index in [0.29, 0.717) is 5.92 Å². The van der Waals surface area contributed by atoms with E-state index in [1.807, 2.05) is 13.8 Å². The number of aromatic nitrogens is 2. The van der Waals surface area contributed by atoms with Crippen molar-refractivity contribution in [3.8, 4) is 0 Å². The second kappa shape index (κ2) is 5.99. The van der Waals surface area contributed by atoms with Gasteiger partial charge in [-0.25, -0.2) is 4.98 Å². The molecule has 2 rings (SSSR count). The van der Waals surface area contributed by atoms with Crippen molar-refractivity contribution in [1.82, 2.24) is 15.3 Å². The number of piperidine rings is 1.